The number of hydrogen-bond donors (Lipinski definition) is 2. The lowest BCUT2D eigenvalue weighted by Crippen LogP contribution is -2.38. The molecule has 23 heavy (non-hydrogen) atoms. The fourth-order valence-corrected chi connectivity index (χ4v) is 4.03. The van der Waals surface area contributed by atoms with Gasteiger partial charge in [0.25, 0.3) is 21.8 Å². The third-order valence-electron chi connectivity index (χ3n) is 3.40. The van der Waals surface area contributed by atoms with Gasteiger partial charge in [-0.1, -0.05) is 0 Å². The third-order valence-corrected chi connectivity index (χ3v) is 5.40. The number of carboxylic acids is 1. The number of fused-ring (bicyclic) bond motifs is 1. The van der Waals surface area contributed by atoms with Crippen LogP contribution in [0.5, 0.6) is 0 Å². The molecule has 0 spiro atoms. The van der Waals surface area contributed by atoms with Crippen molar-refractivity contribution in [2.24, 2.45) is 0 Å². The van der Waals surface area contributed by atoms with Crippen LogP contribution in [0.4, 0.5) is 0 Å². The van der Waals surface area contributed by atoms with Crippen molar-refractivity contribution in [3.63, 3.8) is 0 Å². The van der Waals surface area contributed by atoms with E-state index in [1.807, 2.05) is 0 Å². The summed E-state index contributed by atoms with van der Waals surface area (Å²) in [6.07, 6.45) is 0. The van der Waals surface area contributed by atoms with Crippen LogP contribution < -0.4 is 5.32 Å². The van der Waals surface area contributed by atoms with Crippen molar-refractivity contribution in [1.82, 2.24) is 9.62 Å². The Morgan fingerprint density at radius 3 is 2.35 bits per heavy atom. The van der Waals surface area contributed by atoms with E-state index in [1.54, 1.807) is 13.8 Å². The topological polar surface area (TPSA) is 121 Å². The zero-order chi connectivity index (χ0) is 17.5. The Labute approximate surface area is 133 Å². The van der Waals surface area contributed by atoms with Crippen LogP contribution in [0.3, 0.4) is 0 Å². The second-order valence-corrected chi connectivity index (χ2v) is 7.23. The van der Waals surface area contributed by atoms with Crippen LogP contribution in [0.1, 0.15) is 41.5 Å². The molecule has 0 bridgehead atoms. The van der Waals surface area contributed by atoms with Crippen molar-refractivity contribution >= 4 is 27.8 Å². The summed E-state index contributed by atoms with van der Waals surface area (Å²) >= 11 is 0. The Bertz CT molecular complexity index is 799. The fourth-order valence-electron chi connectivity index (χ4n) is 2.24. The molecule has 1 heterocycles. The van der Waals surface area contributed by atoms with Crippen LogP contribution >= 0.6 is 0 Å². The summed E-state index contributed by atoms with van der Waals surface area (Å²) in [5.74, 6) is -2.58. The fraction of sp³-hybridized carbons (Fsp3) is 0.357. The van der Waals surface area contributed by atoms with E-state index in [0.717, 1.165) is 10.4 Å². The number of rotatable bonds is 4. The molecule has 1 atom stereocenters. The second-order valence-electron chi connectivity index (χ2n) is 5.44. The average molecular weight is 340 g/mol. The minimum absolute atomic E-state index is 0.00142. The zero-order valence-electron chi connectivity index (χ0n) is 12.7. The number of nitrogens with one attached hydrogen (secondary N) is 1. The Morgan fingerprint density at radius 1 is 1.22 bits per heavy atom. The van der Waals surface area contributed by atoms with Crippen molar-refractivity contribution < 1.29 is 27.9 Å². The highest BCUT2D eigenvalue weighted by Crippen LogP contribution is 2.32. The third kappa shape index (κ3) is 2.79. The number of sulfonamides is 1. The summed E-state index contributed by atoms with van der Waals surface area (Å²) in [5.41, 5.74) is -0.0274. The number of nitrogens with zero attached hydrogens (tertiary/aromatic N) is 1. The number of benzene rings is 1. The maximum Gasteiger partial charge on any atom is 0.325 e. The minimum Gasteiger partial charge on any atom is -0.480 e. The summed E-state index contributed by atoms with van der Waals surface area (Å²) in [6, 6.07) is 1.97. The SMILES string of the molecule is CC(C)N1C(=O)c2ccc(C(=O)N[C@H](C)C(=O)O)cc2S1(=O)=O. The normalized spacial score (nSPS) is 17.0. The first-order valence-electron chi connectivity index (χ1n) is 6.84. The summed E-state index contributed by atoms with van der Waals surface area (Å²) in [6.45, 7) is 4.43. The van der Waals surface area contributed by atoms with E-state index in [0.29, 0.717) is 0 Å². The Morgan fingerprint density at radius 2 is 1.83 bits per heavy atom. The maximum atomic E-state index is 12.4. The second kappa shape index (κ2) is 5.65. The van der Waals surface area contributed by atoms with Gasteiger partial charge in [0.2, 0.25) is 0 Å². The first kappa shape index (κ1) is 16.9. The van der Waals surface area contributed by atoms with Crippen LogP contribution in [-0.4, -0.2) is 47.7 Å². The van der Waals surface area contributed by atoms with Gasteiger partial charge >= 0.3 is 5.97 Å². The molecule has 0 aromatic heterocycles. The molecule has 1 aromatic carbocycles. The molecule has 1 aliphatic rings. The number of hydrogen-bond acceptors (Lipinski definition) is 5. The van der Waals surface area contributed by atoms with Gasteiger partial charge in [-0.2, -0.15) is 0 Å². The van der Waals surface area contributed by atoms with Gasteiger partial charge in [0.05, 0.1) is 5.56 Å². The van der Waals surface area contributed by atoms with E-state index in [9.17, 15) is 22.8 Å². The molecule has 8 nitrogen and oxygen atoms in total. The van der Waals surface area contributed by atoms with Crippen LogP contribution in [0.25, 0.3) is 0 Å². The summed E-state index contributed by atoms with van der Waals surface area (Å²) < 4.78 is 25.6. The van der Waals surface area contributed by atoms with Gasteiger partial charge in [0.15, 0.2) is 0 Å². The van der Waals surface area contributed by atoms with Crippen molar-refractivity contribution in [3.05, 3.63) is 29.3 Å². The quantitative estimate of drug-likeness (QED) is 0.820. The van der Waals surface area contributed by atoms with Crippen LogP contribution in [-0.2, 0) is 14.8 Å². The molecular formula is C14H16N2O6S. The molecule has 0 saturated carbocycles. The molecule has 0 fully saturated rings. The Hall–Kier alpha value is -2.42. The van der Waals surface area contributed by atoms with Gasteiger partial charge in [0, 0.05) is 11.6 Å². The molecule has 2 N–H and O–H groups in total. The molecule has 1 aliphatic heterocycles. The highest BCUT2D eigenvalue weighted by Gasteiger charge is 2.42. The molecule has 124 valence electrons. The number of carbonyl (C=O) groups is 3. The standard InChI is InChI=1S/C14H16N2O6S/c1-7(2)16-13(18)10-5-4-9(6-11(10)23(16,21)22)12(17)15-8(3)14(19)20/h4-8H,1-3H3,(H,15,17)(H,19,20)/t8-/m1/s1. The Kier molecular flexibility index (Phi) is 4.16. The van der Waals surface area contributed by atoms with E-state index in [4.69, 9.17) is 5.11 Å². The van der Waals surface area contributed by atoms with E-state index in [2.05, 4.69) is 5.32 Å². The van der Waals surface area contributed by atoms with Crippen LogP contribution in [0.15, 0.2) is 23.1 Å². The maximum absolute atomic E-state index is 12.4. The molecule has 1 aromatic rings. The van der Waals surface area contributed by atoms with Crippen molar-refractivity contribution in [1.29, 1.82) is 0 Å². The predicted octanol–water partition coefficient (Wildman–Crippen LogP) is 0.442. The molecule has 2 amide bonds. The lowest BCUT2D eigenvalue weighted by molar-refractivity contribution is -0.138. The minimum atomic E-state index is -4.01. The van der Waals surface area contributed by atoms with Gasteiger partial charge in [-0.25, -0.2) is 12.7 Å². The zero-order valence-corrected chi connectivity index (χ0v) is 13.5. The number of aliphatic carboxylic acids is 1. The van der Waals surface area contributed by atoms with Gasteiger partial charge in [-0.3, -0.25) is 14.4 Å². The van der Waals surface area contributed by atoms with Gasteiger partial charge in [-0.05, 0) is 39.0 Å². The largest absolute Gasteiger partial charge is 0.480 e. The first-order chi connectivity index (χ1) is 10.6. The molecule has 0 aliphatic carbocycles. The molecule has 0 unspecified atom stereocenters. The summed E-state index contributed by atoms with van der Waals surface area (Å²) in [4.78, 5) is 34.7. The first-order valence-corrected chi connectivity index (χ1v) is 8.28. The van der Waals surface area contributed by atoms with Crippen molar-refractivity contribution in [3.8, 4) is 0 Å². The average Bonchev–Trinajstić information content (AvgIpc) is 2.65. The number of amides is 2. The van der Waals surface area contributed by atoms with Crippen molar-refractivity contribution in [2.75, 3.05) is 0 Å². The molecule has 2 rings (SSSR count). The van der Waals surface area contributed by atoms with Crippen LogP contribution in [0, 0.1) is 0 Å². The Balaban J connectivity index is 2.43. The smallest absolute Gasteiger partial charge is 0.325 e. The van der Waals surface area contributed by atoms with Gasteiger partial charge in [-0.15, -0.1) is 0 Å². The highest BCUT2D eigenvalue weighted by atomic mass is 32.2. The van der Waals surface area contributed by atoms with E-state index in [-0.39, 0.29) is 16.0 Å². The molecule has 9 heteroatoms. The molecular weight excluding hydrogens is 324 g/mol. The monoisotopic (exact) mass is 340 g/mol. The molecule has 0 saturated heterocycles. The van der Waals surface area contributed by atoms with E-state index in [1.165, 1.54) is 19.1 Å². The number of carboxylic acid groups (broad SMARTS) is 1. The lowest BCUT2D eigenvalue weighted by Gasteiger charge is -2.18. The highest BCUT2D eigenvalue weighted by molar-refractivity contribution is 7.90. The summed E-state index contributed by atoms with van der Waals surface area (Å²) in [5, 5.41) is 11.0. The summed E-state index contributed by atoms with van der Waals surface area (Å²) in [7, 11) is -4.01. The van der Waals surface area contributed by atoms with E-state index >= 15 is 0 Å². The lowest BCUT2D eigenvalue weighted by atomic mass is 10.1. The predicted molar refractivity (Wildman–Crippen MR) is 79.5 cm³/mol. The van der Waals surface area contributed by atoms with Gasteiger partial charge in [0.1, 0.15) is 10.9 Å². The van der Waals surface area contributed by atoms with E-state index < -0.39 is 39.9 Å². The van der Waals surface area contributed by atoms with Gasteiger partial charge < -0.3 is 10.4 Å². The number of carbonyl (C=O) groups excluding carboxylic acids is 2. The van der Waals surface area contributed by atoms with Crippen LogP contribution in [0.2, 0.25) is 0 Å². The van der Waals surface area contributed by atoms with Crippen molar-refractivity contribution in [2.45, 2.75) is 37.8 Å². The molecule has 0 radical (unpaired) electrons.